The Hall–Kier alpha value is -3.02. The molecule has 0 aliphatic rings. The molecular weight excluding hydrogens is 268 g/mol. The summed E-state index contributed by atoms with van der Waals surface area (Å²) < 4.78 is 5.36. The van der Waals surface area contributed by atoms with Crippen molar-refractivity contribution in [3.8, 4) is 5.75 Å². The Morgan fingerprint density at radius 3 is 2.43 bits per heavy atom. The zero-order chi connectivity index (χ0) is 15.1. The van der Waals surface area contributed by atoms with Gasteiger partial charge in [0.25, 0.3) is 0 Å². The molecule has 0 fully saturated rings. The van der Waals surface area contributed by atoms with Gasteiger partial charge in [0.1, 0.15) is 18.2 Å². The maximum Gasteiger partial charge on any atom is 0.323 e. The van der Waals surface area contributed by atoms with Gasteiger partial charge in [-0.25, -0.2) is 4.79 Å². The van der Waals surface area contributed by atoms with Crippen LogP contribution in [-0.2, 0) is 0 Å². The number of hydrogen-bond acceptors (Lipinski definition) is 3. The van der Waals surface area contributed by atoms with Crippen LogP contribution in [0.1, 0.15) is 0 Å². The van der Waals surface area contributed by atoms with Crippen molar-refractivity contribution in [3.63, 3.8) is 0 Å². The number of nitrogens with two attached hydrogens (primary N) is 1. The Morgan fingerprint density at radius 1 is 1.05 bits per heavy atom. The lowest BCUT2D eigenvalue weighted by Crippen LogP contribution is -2.22. The molecule has 5 N–H and O–H groups in total. The molecule has 6 heteroatoms. The fourth-order valence-electron chi connectivity index (χ4n) is 1.66. The number of rotatable bonds is 5. The quantitative estimate of drug-likeness (QED) is 0.501. The summed E-state index contributed by atoms with van der Waals surface area (Å²) in [5.41, 5.74) is 6.45. The van der Waals surface area contributed by atoms with Crippen LogP contribution in [0, 0.1) is 5.41 Å². The van der Waals surface area contributed by atoms with Crippen LogP contribution < -0.4 is 21.1 Å². The van der Waals surface area contributed by atoms with Gasteiger partial charge in [0.05, 0.1) is 5.69 Å². The van der Waals surface area contributed by atoms with Crippen LogP contribution in [-0.4, -0.2) is 18.5 Å². The van der Waals surface area contributed by atoms with E-state index in [4.69, 9.17) is 15.9 Å². The fraction of sp³-hybridized carbons (Fsp3) is 0.0667. The van der Waals surface area contributed by atoms with Gasteiger partial charge in [-0.1, -0.05) is 30.3 Å². The van der Waals surface area contributed by atoms with Crippen LogP contribution in [0.2, 0.25) is 0 Å². The highest BCUT2D eigenvalue weighted by Crippen LogP contribution is 2.23. The fourth-order valence-corrected chi connectivity index (χ4v) is 1.66. The molecule has 0 atom stereocenters. The Labute approximate surface area is 122 Å². The summed E-state index contributed by atoms with van der Waals surface area (Å²) in [6, 6.07) is 15.7. The second kappa shape index (κ2) is 6.95. The minimum atomic E-state index is -0.375. The molecule has 2 aromatic rings. The lowest BCUT2D eigenvalue weighted by molar-refractivity contribution is 0.262. The summed E-state index contributed by atoms with van der Waals surface area (Å²) in [4.78, 5) is 11.9. The molecular formula is C15H16N4O2. The first-order chi connectivity index (χ1) is 10.1. The minimum absolute atomic E-state index is 0.0288. The molecule has 0 aliphatic carbocycles. The van der Waals surface area contributed by atoms with E-state index in [0.717, 1.165) is 0 Å². The average Bonchev–Trinajstić information content (AvgIpc) is 2.47. The summed E-state index contributed by atoms with van der Waals surface area (Å²) in [6.07, 6.45) is 0. The highest BCUT2D eigenvalue weighted by atomic mass is 16.5. The molecule has 0 aromatic heterocycles. The number of hydrogen-bond donors (Lipinski definition) is 4. The molecule has 0 radical (unpaired) electrons. The Balaban J connectivity index is 2.01. The number of nitrogens with one attached hydrogen (secondary N) is 3. The van der Waals surface area contributed by atoms with Gasteiger partial charge in [0, 0.05) is 5.69 Å². The van der Waals surface area contributed by atoms with Crippen LogP contribution in [0.5, 0.6) is 5.75 Å². The van der Waals surface area contributed by atoms with Crippen molar-refractivity contribution in [1.29, 1.82) is 5.41 Å². The lowest BCUT2D eigenvalue weighted by atomic mass is 10.3. The molecule has 0 aliphatic heterocycles. The molecule has 0 spiro atoms. The van der Waals surface area contributed by atoms with E-state index in [-0.39, 0.29) is 18.5 Å². The highest BCUT2D eigenvalue weighted by molar-refractivity contribution is 6.00. The normalized spacial score (nSPS) is 9.71. The standard InChI is InChI=1S/C15H16N4O2/c16-14(17)10-21-13-9-5-4-8-12(13)19-15(20)18-11-6-2-1-3-7-11/h1-9H,10H2,(H3,16,17)(H2,18,19,20). The molecule has 0 bridgehead atoms. The SMILES string of the molecule is N=C(N)COc1ccccc1NC(=O)Nc1ccccc1. The van der Waals surface area contributed by atoms with Gasteiger partial charge >= 0.3 is 6.03 Å². The minimum Gasteiger partial charge on any atom is -0.484 e. The number of benzene rings is 2. The third kappa shape index (κ3) is 4.54. The Kier molecular flexibility index (Phi) is 4.76. The van der Waals surface area contributed by atoms with Gasteiger partial charge in [-0.15, -0.1) is 0 Å². The lowest BCUT2D eigenvalue weighted by Gasteiger charge is -2.12. The summed E-state index contributed by atoms with van der Waals surface area (Å²) in [5, 5.41) is 12.6. The van der Waals surface area contributed by atoms with E-state index in [1.165, 1.54) is 0 Å². The second-order valence-electron chi connectivity index (χ2n) is 4.26. The van der Waals surface area contributed by atoms with Crippen molar-refractivity contribution < 1.29 is 9.53 Å². The summed E-state index contributed by atoms with van der Waals surface area (Å²) in [7, 11) is 0. The van der Waals surface area contributed by atoms with Crippen LogP contribution in [0.3, 0.4) is 0 Å². The predicted octanol–water partition coefficient (Wildman–Crippen LogP) is 2.65. The van der Waals surface area contributed by atoms with Crippen molar-refractivity contribution >= 4 is 23.2 Å². The van der Waals surface area contributed by atoms with E-state index in [9.17, 15) is 4.79 Å². The maximum atomic E-state index is 11.9. The van der Waals surface area contributed by atoms with Gasteiger partial charge in [-0.3, -0.25) is 5.41 Å². The molecule has 6 nitrogen and oxygen atoms in total. The van der Waals surface area contributed by atoms with Crippen LogP contribution >= 0.6 is 0 Å². The van der Waals surface area contributed by atoms with Gasteiger partial charge in [0.2, 0.25) is 0 Å². The van der Waals surface area contributed by atoms with Crippen molar-refractivity contribution in [2.75, 3.05) is 17.2 Å². The van der Waals surface area contributed by atoms with E-state index < -0.39 is 0 Å². The predicted molar refractivity (Wildman–Crippen MR) is 82.9 cm³/mol. The highest BCUT2D eigenvalue weighted by Gasteiger charge is 2.07. The summed E-state index contributed by atoms with van der Waals surface area (Å²) in [5.74, 6) is 0.370. The van der Waals surface area contributed by atoms with Gasteiger partial charge in [-0.2, -0.15) is 0 Å². The number of carbonyl (C=O) groups is 1. The summed E-state index contributed by atoms with van der Waals surface area (Å²) in [6.45, 7) is -0.0288. The summed E-state index contributed by atoms with van der Waals surface area (Å²) >= 11 is 0. The second-order valence-corrected chi connectivity index (χ2v) is 4.26. The number of carbonyl (C=O) groups excluding carboxylic acids is 1. The molecule has 0 saturated carbocycles. The van der Waals surface area contributed by atoms with Crippen molar-refractivity contribution in [2.24, 2.45) is 5.73 Å². The topological polar surface area (TPSA) is 100 Å². The number of anilines is 2. The largest absolute Gasteiger partial charge is 0.484 e. The average molecular weight is 284 g/mol. The molecule has 108 valence electrons. The molecule has 21 heavy (non-hydrogen) atoms. The van der Waals surface area contributed by atoms with Crippen molar-refractivity contribution in [3.05, 3.63) is 54.6 Å². The Bertz CT molecular complexity index is 629. The van der Waals surface area contributed by atoms with Crippen LogP contribution in [0.4, 0.5) is 16.2 Å². The maximum absolute atomic E-state index is 11.9. The molecule has 0 saturated heterocycles. The first-order valence-electron chi connectivity index (χ1n) is 6.33. The van der Waals surface area contributed by atoms with E-state index in [1.807, 2.05) is 18.2 Å². The number of urea groups is 1. The number of amidine groups is 1. The number of para-hydroxylation sites is 3. The van der Waals surface area contributed by atoms with E-state index in [0.29, 0.717) is 17.1 Å². The molecule has 2 rings (SSSR count). The first kappa shape index (κ1) is 14.4. The van der Waals surface area contributed by atoms with Crippen molar-refractivity contribution in [2.45, 2.75) is 0 Å². The van der Waals surface area contributed by atoms with Gasteiger partial charge < -0.3 is 21.1 Å². The van der Waals surface area contributed by atoms with E-state index >= 15 is 0 Å². The third-order valence-corrected chi connectivity index (χ3v) is 2.55. The van der Waals surface area contributed by atoms with E-state index in [1.54, 1.807) is 36.4 Å². The molecule has 0 unspecified atom stereocenters. The first-order valence-corrected chi connectivity index (χ1v) is 6.33. The smallest absolute Gasteiger partial charge is 0.323 e. The van der Waals surface area contributed by atoms with Gasteiger partial charge in [-0.05, 0) is 24.3 Å². The number of ether oxygens (including phenoxy) is 1. The van der Waals surface area contributed by atoms with Crippen LogP contribution in [0.25, 0.3) is 0 Å². The number of amides is 2. The molecule has 2 aromatic carbocycles. The van der Waals surface area contributed by atoms with Gasteiger partial charge in [0.15, 0.2) is 0 Å². The third-order valence-electron chi connectivity index (χ3n) is 2.55. The molecule has 2 amide bonds. The monoisotopic (exact) mass is 284 g/mol. The van der Waals surface area contributed by atoms with Crippen LogP contribution in [0.15, 0.2) is 54.6 Å². The Morgan fingerprint density at radius 2 is 1.71 bits per heavy atom. The molecule has 0 heterocycles. The zero-order valence-corrected chi connectivity index (χ0v) is 11.3. The zero-order valence-electron chi connectivity index (χ0n) is 11.3. The van der Waals surface area contributed by atoms with E-state index in [2.05, 4.69) is 10.6 Å². The van der Waals surface area contributed by atoms with Crippen molar-refractivity contribution in [1.82, 2.24) is 0 Å².